The number of benzene rings is 1. The van der Waals surface area contributed by atoms with Crippen LogP contribution in [0.2, 0.25) is 0 Å². The smallest absolute Gasteiger partial charge is 0.282 e. The monoisotopic (exact) mass is 415 g/mol. The van der Waals surface area contributed by atoms with Crippen molar-refractivity contribution in [1.29, 1.82) is 0 Å². The third kappa shape index (κ3) is 5.87. The van der Waals surface area contributed by atoms with Crippen molar-refractivity contribution in [3.05, 3.63) is 30.1 Å². The standard InChI is InChI=1S/C19H30FN3O4S/c20-17-5-7-19(8-6-17)27-16-18(24)15-21-11-13-23(14-12-21)28(25,26)22-9-3-1-2-4-10-22/h5-8,18,24H,1-4,9-16H2/t18-/m0/s1. The number of aliphatic hydroxyl groups is 1. The molecule has 9 heteroatoms. The number of nitrogens with zero attached hydrogens (tertiary/aromatic N) is 3. The van der Waals surface area contributed by atoms with Crippen LogP contribution in [-0.2, 0) is 10.2 Å². The van der Waals surface area contributed by atoms with Gasteiger partial charge in [0, 0.05) is 45.8 Å². The van der Waals surface area contributed by atoms with E-state index in [0.29, 0.717) is 51.6 Å². The molecule has 28 heavy (non-hydrogen) atoms. The quantitative estimate of drug-likeness (QED) is 0.727. The van der Waals surface area contributed by atoms with Gasteiger partial charge in [-0.3, -0.25) is 4.90 Å². The third-order valence-corrected chi connectivity index (χ3v) is 7.31. The highest BCUT2D eigenvalue weighted by molar-refractivity contribution is 7.86. The highest BCUT2D eigenvalue weighted by atomic mass is 32.2. The Kier molecular flexibility index (Phi) is 7.64. The molecule has 3 rings (SSSR count). The average Bonchev–Trinajstić information content (AvgIpc) is 2.98. The molecule has 0 bridgehead atoms. The molecule has 1 aromatic carbocycles. The van der Waals surface area contributed by atoms with Crippen LogP contribution in [0.25, 0.3) is 0 Å². The lowest BCUT2D eigenvalue weighted by Crippen LogP contribution is -2.54. The third-order valence-electron chi connectivity index (χ3n) is 5.27. The Morgan fingerprint density at radius 2 is 1.50 bits per heavy atom. The highest BCUT2D eigenvalue weighted by Crippen LogP contribution is 2.18. The summed E-state index contributed by atoms with van der Waals surface area (Å²) in [7, 11) is -3.39. The summed E-state index contributed by atoms with van der Waals surface area (Å²) >= 11 is 0. The molecule has 0 aromatic heterocycles. The maximum Gasteiger partial charge on any atom is 0.282 e. The zero-order valence-corrected chi connectivity index (χ0v) is 17.0. The molecule has 0 radical (unpaired) electrons. The molecule has 0 saturated carbocycles. The van der Waals surface area contributed by atoms with Crippen LogP contribution >= 0.6 is 0 Å². The van der Waals surface area contributed by atoms with E-state index in [9.17, 15) is 17.9 Å². The zero-order chi connectivity index (χ0) is 20.0. The van der Waals surface area contributed by atoms with Gasteiger partial charge in [-0.05, 0) is 37.1 Å². The molecule has 1 N–H and O–H groups in total. The van der Waals surface area contributed by atoms with Gasteiger partial charge in [0.1, 0.15) is 24.3 Å². The van der Waals surface area contributed by atoms with Gasteiger partial charge in [0.05, 0.1) is 0 Å². The van der Waals surface area contributed by atoms with Gasteiger partial charge in [0.25, 0.3) is 10.2 Å². The van der Waals surface area contributed by atoms with Crippen LogP contribution in [0.3, 0.4) is 0 Å². The Labute approximate surface area is 166 Å². The van der Waals surface area contributed by atoms with Crippen molar-refractivity contribution in [2.45, 2.75) is 31.8 Å². The fourth-order valence-electron chi connectivity index (χ4n) is 3.65. The molecule has 0 amide bonds. The van der Waals surface area contributed by atoms with Gasteiger partial charge < -0.3 is 9.84 Å². The van der Waals surface area contributed by atoms with Crippen molar-refractivity contribution in [3.63, 3.8) is 0 Å². The van der Waals surface area contributed by atoms with Crippen molar-refractivity contribution in [1.82, 2.24) is 13.5 Å². The van der Waals surface area contributed by atoms with Gasteiger partial charge in [-0.1, -0.05) is 12.8 Å². The summed E-state index contributed by atoms with van der Waals surface area (Å²) in [5.41, 5.74) is 0. The summed E-state index contributed by atoms with van der Waals surface area (Å²) in [4.78, 5) is 2.05. The number of piperazine rings is 1. The van der Waals surface area contributed by atoms with Crippen LogP contribution in [0.15, 0.2) is 24.3 Å². The number of β-amino-alcohol motifs (C(OH)–C–C–N with tert-alkyl or cyclic N) is 1. The SMILES string of the molecule is O=S(=O)(N1CCCCCC1)N1CCN(C[C@H](O)COc2ccc(F)cc2)CC1. The second kappa shape index (κ2) is 9.98. The first-order chi connectivity index (χ1) is 13.4. The minimum absolute atomic E-state index is 0.109. The molecule has 0 aliphatic carbocycles. The van der Waals surface area contributed by atoms with Crippen molar-refractivity contribution in [2.24, 2.45) is 0 Å². The molecule has 7 nitrogen and oxygen atoms in total. The fourth-order valence-corrected chi connectivity index (χ4v) is 5.32. The topological polar surface area (TPSA) is 73.3 Å². The van der Waals surface area contributed by atoms with E-state index < -0.39 is 16.3 Å². The van der Waals surface area contributed by atoms with Gasteiger partial charge in [0.15, 0.2) is 0 Å². The van der Waals surface area contributed by atoms with E-state index in [1.165, 1.54) is 24.3 Å². The van der Waals surface area contributed by atoms with Crippen molar-refractivity contribution in [2.75, 3.05) is 52.4 Å². The predicted molar refractivity (Wildman–Crippen MR) is 105 cm³/mol. The summed E-state index contributed by atoms with van der Waals surface area (Å²) in [5, 5.41) is 10.2. The normalized spacial score (nSPS) is 21.9. The van der Waals surface area contributed by atoms with Crippen LogP contribution in [0.4, 0.5) is 4.39 Å². The Bertz CT molecular complexity index is 700. The lowest BCUT2D eigenvalue weighted by Gasteiger charge is -2.37. The van der Waals surface area contributed by atoms with E-state index in [1.807, 2.05) is 4.90 Å². The number of hydrogen-bond acceptors (Lipinski definition) is 5. The Balaban J connectivity index is 1.42. The molecular weight excluding hydrogens is 385 g/mol. The maximum atomic E-state index is 12.9. The molecule has 2 aliphatic rings. The Morgan fingerprint density at radius 3 is 2.11 bits per heavy atom. The summed E-state index contributed by atoms with van der Waals surface area (Å²) in [6, 6.07) is 5.67. The Hall–Kier alpha value is -1.26. The average molecular weight is 416 g/mol. The van der Waals surface area contributed by atoms with E-state index in [-0.39, 0.29) is 12.4 Å². The molecule has 2 saturated heterocycles. The van der Waals surface area contributed by atoms with Gasteiger partial charge in [0.2, 0.25) is 0 Å². The van der Waals surface area contributed by atoms with Crippen molar-refractivity contribution in [3.8, 4) is 5.75 Å². The first kappa shape index (κ1) is 21.4. The van der Waals surface area contributed by atoms with Crippen LogP contribution < -0.4 is 4.74 Å². The maximum absolute atomic E-state index is 12.9. The molecule has 1 atom stereocenters. The number of halogens is 1. The van der Waals surface area contributed by atoms with E-state index in [0.717, 1.165) is 25.7 Å². The molecule has 2 aliphatic heterocycles. The van der Waals surface area contributed by atoms with E-state index >= 15 is 0 Å². The lowest BCUT2D eigenvalue weighted by molar-refractivity contribution is 0.0562. The predicted octanol–water partition coefficient (Wildman–Crippen LogP) is 1.30. The minimum atomic E-state index is -3.39. The van der Waals surface area contributed by atoms with Gasteiger partial charge in [-0.2, -0.15) is 17.0 Å². The van der Waals surface area contributed by atoms with E-state index in [4.69, 9.17) is 4.74 Å². The molecule has 0 unspecified atom stereocenters. The number of aliphatic hydroxyl groups excluding tert-OH is 1. The molecule has 2 heterocycles. The lowest BCUT2D eigenvalue weighted by atomic mass is 10.2. The molecule has 1 aromatic rings. The van der Waals surface area contributed by atoms with Crippen LogP contribution in [0, 0.1) is 5.82 Å². The molecule has 158 valence electrons. The summed E-state index contributed by atoms with van der Waals surface area (Å²) < 4.78 is 47.2. The minimum Gasteiger partial charge on any atom is -0.491 e. The summed E-state index contributed by atoms with van der Waals surface area (Å²) in [6.45, 7) is 3.79. The first-order valence-electron chi connectivity index (χ1n) is 9.99. The molecule has 2 fully saturated rings. The second-order valence-electron chi connectivity index (χ2n) is 7.44. The fraction of sp³-hybridized carbons (Fsp3) is 0.684. The van der Waals surface area contributed by atoms with Crippen LogP contribution in [0.1, 0.15) is 25.7 Å². The number of ether oxygens (including phenoxy) is 1. The zero-order valence-electron chi connectivity index (χ0n) is 16.2. The number of rotatable bonds is 7. The highest BCUT2D eigenvalue weighted by Gasteiger charge is 2.32. The van der Waals surface area contributed by atoms with Gasteiger partial charge in [-0.25, -0.2) is 4.39 Å². The molecule has 0 spiro atoms. The van der Waals surface area contributed by atoms with Crippen LogP contribution in [-0.4, -0.2) is 85.6 Å². The summed E-state index contributed by atoms with van der Waals surface area (Å²) in [6.07, 6.45) is 3.35. The van der Waals surface area contributed by atoms with E-state index in [2.05, 4.69) is 0 Å². The second-order valence-corrected chi connectivity index (χ2v) is 9.37. The van der Waals surface area contributed by atoms with Crippen molar-refractivity contribution < 1.29 is 22.7 Å². The summed E-state index contributed by atoms with van der Waals surface area (Å²) in [5.74, 6) is 0.176. The first-order valence-corrected chi connectivity index (χ1v) is 11.4. The van der Waals surface area contributed by atoms with Gasteiger partial charge in [-0.15, -0.1) is 0 Å². The van der Waals surface area contributed by atoms with Crippen molar-refractivity contribution >= 4 is 10.2 Å². The van der Waals surface area contributed by atoms with E-state index in [1.54, 1.807) is 8.61 Å². The Morgan fingerprint density at radius 1 is 0.929 bits per heavy atom. The number of hydrogen-bond donors (Lipinski definition) is 1. The van der Waals surface area contributed by atoms with Crippen LogP contribution in [0.5, 0.6) is 5.75 Å². The largest absolute Gasteiger partial charge is 0.491 e. The molecular formula is C19H30FN3O4S. The van der Waals surface area contributed by atoms with Gasteiger partial charge >= 0.3 is 0 Å².